The Balaban J connectivity index is 1.51. The van der Waals surface area contributed by atoms with Crippen LogP contribution < -0.4 is 15.2 Å². The molecule has 0 fully saturated rings. The zero-order valence-corrected chi connectivity index (χ0v) is 16.9. The number of nitrogens with zero attached hydrogens (tertiary/aromatic N) is 3. The van der Waals surface area contributed by atoms with E-state index in [0.717, 1.165) is 24.0 Å². The van der Waals surface area contributed by atoms with Crippen molar-refractivity contribution < 1.29 is 18.1 Å². The minimum absolute atomic E-state index is 0.00725. The van der Waals surface area contributed by atoms with Crippen molar-refractivity contribution in [3.05, 3.63) is 34.3 Å². The van der Waals surface area contributed by atoms with Crippen molar-refractivity contribution in [3.63, 3.8) is 0 Å². The van der Waals surface area contributed by atoms with Crippen LogP contribution >= 0.6 is 0 Å². The van der Waals surface area contributed by atoms with E-state index in [2.05, 4.69) is 14.8 Å². The van der Waals surface area contributed by atoms with Gasteiger partial charge in [0.2, 0.25) is 5.88 Å². The maximum Gasteiger partial charge on any atom is 0.354 e. The molecule has 1 aliphatic heterocycles. The molecule has 2 amide bonds. The number of nitrogens with one attached hydrogen (secondary N) is 1. The van der Waals surface area contributed by atoms with Gasteiger partial charge in [0.1, 0.15) is 17.3 Å². The summed E-state index contributed by atoms with van der Waals surface area (Å²) >= 11 is 0. The second-order valence-corrected chi connectivity index (χ2v) is 9.58. The number of hydrogen-bond acceptors (Lipinski definition) is 4. The minimum Gasteiger partial charge on any atom is -0.475 e. The molecule has 0 spiro atoms. The first-order chi connectivity index (χ1) is 13.9. The molecule has 0 radical (unpaired) electrons. The summed E-state index contributed by atoms with van der Waals surface area (Å²) in [6, 6.07) is -0.814. The van der Waals surface area contributed by atoms with Crippen LogP contribution in [0.4, 0.5) is 14.9 Å². The molecule has 1 aromatic heterocycles. The molecule has 1 unspecified atom stereocenters. The Kier molecular flexibility index (Phi) is 4.18. The summed E-state index contributed by atoms with van der Waals surface area (Å²) in [5, 5.41) is 12.8. The van der Waals surface area contributed by atoms with Crippen molar-refractivity contribution in [2.75, 3.05) is 11.9 Å². The Labute approximate surface area is 167 Å². The van der Waals surface area contributed by atoms with Crippen LogP contribution in [0.5, 0.6) is 5.88 Å². The largest absolute Gasteiger partial charge is 0.475 e. The molecule has 2 heterocycles. The van der Waals surface area contributed by atoms with E-state index < -0.39 is 15.9 Å². The van der Waals surface area contributed by atoms with Gasteiger partial charge in [0.15, 0.2) is 9.92 Å². The highest BCUT2D eigenvalue weighted by Crippen LogP contribution is 2.41. The number of amides is 2. The lowest BCUT2D eigenvalue weighted by molar-refractivity contribution is 0.260. The molecule has 2 atom stereocenters. The summed E-state index contributed by atoms with van der Waals surface area (Å²) in [7, 11) is -3.54. The van der Waals surface area contributed by atoms with Gasteiger partial charge in [-0.05, 0) is 67.7 Å². The second-order valence-electron chi connectivity index (χ2n) is 7.82. The van der Waals surface area contributed by atoms with E-state index in [4.69, 9.17) is 9.88 Å². The van der Waals surface area contributed by atoms with Gasteiger partial charge in [-0.15, -0.1) is 4.36 Å². The molecule has 29 heavy (non-hydrogen) atoms. The van der Waals surface area contributed by atoms with Crippen LogP contribution in [0.1, 0.15) is 48.1 Å². The third kappa shape index (κ3) is 2.84. The molecule has 154 valence electrons. The van der Waals surface area contributed by atoms with Crippen LogP contribution in [-0.4, -0.2) is 26.6 Å². The predicted octanol–water partition coefficient (Wildman–Crippen LogP) is 2.89. The molecule has 10 heteroatoms. The van der Waals surface area contributed by atoms with Crippen molar-refractivity contribution in [3.8, 4) is 5.88 Å². The zero-order valence-electron chi connectivity index (χ0n) is 16.0. The topological polar surface area (TPSA) is 112 Å². The molecule has 0 saturated carbocycles. The van der Waals surface area contributed by atoms with Gasteiger partial charge < -0.3 is 10.1 Å². The summed E-state index contributed by atoms with van der Waals surface area (Å²) in [4.78, 5) is 12.8. The third-order valence-electron chi connectivity index (χ3n) is 5.93. The molecule has 8 nitrogen and oxygen atoms in total. The van der Waals surface area contributed by atoms with Crippen LogP contribution in [-0.2, 0) is 35.6 Å². The van der Waals surface area contributed by atoms with E-state index in [0.29, 0.717) is 49.1 Å². The van der Waals surface area contributed by atoms with E-state index >= 15 is 0 Å². The minimum atomic E-state index is -3.54. The summed E-state index contributed by atoms with van der Waals surface area (Å²) in [5.74, 6) is 0.161. The van der Waals surface area contributed by atoms with Crippen molar-refractivity contribution >= 4 is 21.6 Å². The van der Waals surface area contributed by atoms with Gasteiger partial charge in [-0.25, -0.2) is 23.2 Å². The van der Waals surface area contributed by atoms with Gasteiger partial charge in [-0.2, -0.15) is 5.10 Å². The number of ether oxygens (including phenoxy) is 1. The maximum atomic E-state index is 14.8. The monoisotopic (exact) mass is 419 g/mol. The number of benzene rings is 1. The van der Waals surface area contributed by atoms with E-state index in [1.165, 1.54) is 6.20 Å². The van der Waals surface area contributed by atoms with Crippen molar-refractivity contribution in [1.29, 1.82) is 0 Å². The maximum absolute atomic E-state index is 14.8. The fourth-order valence-electron chi connectivity index (χ4n) is 4.60. The highest BCUT2D eigenvalue weighted by Gasteiger charge is 2.31. The third-order valence-corrected chi connectivity index (χ3v) is 7.28. The van der Waals surface area contributed by atoms with E-state index in [9.17, 15) is 13.4 Å². The molecule has 3 aliphatic rings. The molecule has 0 saturated heterocycles. The highest BCUT2D eigenvalue weighted by atomic mass is 32.2. The number of urea groups is 1. The average Bonchev–Trinajstić information content (AvgIpc) is 3.43. The van der Waals surface area contributed by atoms with Crippen LogP contribution in [0.3, 0.4) is 0 Å². The standard InChI is InChI=1S/C19H22FN5O3S/c1-10-9-28-18-15(8-22-25(10)18)29(21,27)24-19(26)23-17-13-6-2-4-11(13)16(20)12-5-3-7-14(12)17/h8,10H,2-7,9H2,1H3,(H3,21,23,24,26,27)/t10-,29?/m1/s1. The summed E-state index contributed by atoms with van der Waals surface area (Å²) in [6.45, 7) is 2.30. The fourth-order valence-corrected chi connectivity index (χ4v) is 5.59. The quantitative estimate of drug-likeness (QED) is 0.779. The second kappa shape index (κ2) is 6.53. The Bertz CT molecular complexity index is 1130. The van der Waals surface area contributed by atoms with E-state index in [1.807, 2.05) is 6.92 Å². The molecule has 3 N–H and O–H groups in total. The number of carbonyl (C=O) groups excluding carboxylic acids is 1. The summed E-state index contributed by atoms with van der Waals surface area (Å²) in [6.07, 6.45) is 5.77. The summed E-state index contributed by atoms with van der Waals surface area (Å²) in [5.41, 5.74) is 3.66. The normalized spacial score (nSPS) is 21.1. The Hall–Kier alpha value is -2.46. The van der Waals surface area contributed by atoms with Crippen LogP contribution in [0, 0.1) is 5.82 Å². The Morgan fingerprint density at radius 3 is 2.55 bits per heavy atom. The number of rotatable bonds is 2. The van der Waals surface area contributed by atoms with Gasteiger partial charge >= 0.3 is 6.03 Å². The number of carbonyl (C=O) groups is 1. The SMILES string of the molecule is C[C@@H]1COc2c(S(N)(=O)=NC(=O)Nc3c4c(c(F)c5c3CCC5)CCC4)cnn21. The number of nitrogens with two attached hydrogens (primary N) is 1. The van der Waals surface area contributed by atoms with Gasteiger partial charge in [0.25, 0.3) is 0 Å². The fraction of sp³-hybridized carbons (Fsp3) is 0.474. The Morgan fingerprint density at radius 2 is 1.90 bits per heavy atom. The summed E-state index contributed by atoms with van der Waals surface area (Å²) < 4.78 is 38.6. The first-order valence-corrected chi connectivity index (χ1v) is 11.4. The van der Waals surface area contributed by atoms with Crippen molar-refractivity contribution in [2.45, 2.75) is 56.4 Å². The molecule has 0 bridgehead atoms. The molecule has 1 aromatic carbocycles. The molecule has 5 rings (SSSR count). The van der Waals surface area contributed by atoms with Crippen LogP contribution in [0.2, 0.25) is 0 Å². The Morgan fingerprint density at radius 1 is 1.28 bits per heavy atom. The predicted molar refractivity (Wildman–Crippen MR) is 105 cm³/mol. The molecular formula is C19H22FN5O3S. The molecule has 2 aromatic rings. The molecule has 2 aliphatic carbocycles. The lowest BCUT2D eigenvalue weighted by atomic mass is 9.98. The lowest BCUT2D eigenvalue weighted by Gasteiger charge is -2.16. The number of halogens is 1. The van der Waals surface area contributed by atoms with Crippen molar-refractivity contribution in [1.82, 2.24) is 9.78 Å². The first-order valence-electron chi connectivity index (χ1n) is 9.78. The van der Waals surface area contributed by atoms with Crippen LogP contribution in [0.25, 0.3) is 0 Å². The van der Waals surface area contributed by atoms with Gasteiger partial charge in [0.05, 0.1) is 12.2 Å². The zero-order chi connectivity index (χ0) is 20.3. The van der Waals surface area contributed by atoms with Gasteiger partial charge in [-0.1, -0.05) is 0 Å². The van der Waals surface area contributed by atoms with E-state index in [-0.39, 0.29) is 22.6 Å². The lowest BCUT2D eigenvalue weighted by Crippen LogP contribution is -2.19. The average molecular weight is 419 g/mol. The van der Waals surface area contributed by atoms with E-state index in [1.54, 1.807) is 4.68 Å². The van der Waals surface area contributed by atoms with Crippen molar-refractivity contribution in [2.24, 2.45) is 9.50 Å². The van der Waals surface area contributed by atoms with Gasteiger partial charge in [0, 0.05) is 5.69 Å². The highest BCUT2D eigenvalue weighted by molar-refractivity contribution is 7.91. The smallest absolute Gasteiger partial charge is 0.354 e. The first kappa shape index (κ1) is 18.6. The molecular weight excluding hydrogens is 397 g/mol. The number of aromatic nitrogens is 2. The number of fused-ring (bicyclic) bond motifs is 3. The number of hydrogen-bond donors (Lipinski definition) is 2. The number of anilines is 1. The van der Waals surface area contributed by atoms with Crippen LogP contribution in [0.15, 0.2) is 15.5 Å². The van der Waals surface area contributed by atoms with Gasteiger partial charge in [-0.3, -0.25) is 0 Å².